The van der Waals surface area contributed by atoms with Crippen LogP contribution in [0.25, 0.3) is 11.1 Å². The summed E-state index contributed by atoms with van der Waals surface area (Å²) in [7, 11) is 0. The molecule has 0 radical (unpaired) electrons. The molecule has 0 saturated carbocycles. The van der Waals surface area contributed by atoms with E-state index < -0.39 is 0 Å². The van der Waals surface area contributed by atoms with Crippen molar-refractivity contribution in [3.8, 4) is 11.1 Å². The minimum atomic E-state index is 0.495. The Hall–Kier alpha value is -1.82. The van der Waals surface area contributed by atoms with Crippen LogP contribution in [0.4, 0.5) is 0 Å². The summed E-state index contributed by atoms with van der Waals surface area (Å²) < 4.78 is 0. The quantitative estimate of drug-likeness (QED) is 0.548. The van der Waals surface area contributed by atoms with Gasteiger partial charge in [0.1, 0.15) is 0 Å². The molecule has 0 nitrogen and oxygen atoms in total. The van der Waals surface area contributed by atoms with E-state index in [4.69, 9.17) is 0 Å². The molecule has 0 N–H and O–H groups in total. The minimum Gasteiger partial charge on any atom is -0.102 e. The SMILES string of the molecule is C=CC(CCC)c1cccc2c1Cc1ccccc1-2. The van der Waals surface area contributed by atoms with Crippen molar-refractivity contribution in [1.82, 2.24) is 0 Å². The van der Waals surface area contributed by atoms with Crippen molar-refractivity contribution < 1.29 is 0 Å². The first kappa shape index (κ1) is 12.2. The van der Waals surface area contributed by atoms with Crippen molar-refractivity contribution in [2.24, 2.45) is 0 Å². The molecule has 0 saturated heterocycles. The minimum absolute atomic E-state index is 0.495. The van der Waals surface area contributed by atoms with Crippen LogP contribution in [0.5, 0.6) is 0 Å². The van der Waals surface area contributed by atoms with Crippen molar-refractivity contribution in [1.29, 1.82) is 0 Å². The first-order valence-corrected chi connectivity index (χ1v) is 7.17. The third-order valence-electron chi connectivity index (χ3n) is 4.17. The van der Waals surface area contributed by atoms with Gasteiger partial charge in [-0.25, -0.2) is 0 Å². The number of allylic oxidation sites excluding steroid dienone is 1. The van der Waals surface area contributed by atoms with Crippen LogP contribution >= 0.6 is 0 Å². The lowest BCUT2D eigenvalue weighted by atomic mass is 9.88. The Morgan fingerprint density at radius 2 is 1.89 bits per heavy atom. The zero-order valence-corrected chi connectivity index (χ0v) is 11.5. The molecule has 0 bridgehead atoms. The molecule has 3 rings (SSSR count). The fourth-order valence-electron chi connectivity index (χ4n) is 3.24. The van der Waals surface area contributed by atoms with E-state index in [0.717, 1.165) is 6.42 Å². The Labute approximate surface area is 115 Å². The molecule has 2 aromatic rings. The van der Waals surface area contributed by atoms with Crippen molar-refractivity contribution in [3.05, 3.63) is 71.8 Å². The zero-order chi connectivity index (χ0) is 13.2. The second-order valence-electron chi connectivity index (χ2n) is 5.34. The van der Waals surface area contributed by atoms with Crippen LogP contribution in [-0.4, -0.2) is 0 Å². The average molecular weight is 248 g/mol. The van der Waals surface area contributed by atoms with Gasteiger partial charge in [0.25, 0.3) is 0 Å². The second-order valence-corrected chi connectivity index (χ2v) is 5.34. The Morgan fingerprint density at radius 3 is 2.68 bits per heavy atom. The fourth-order valence-corrected chi connectivity index (χ4v) is 3.24. The predicted molar refractivity (Wildman–Crippen MR) is 82.5 cm³/mol. The van der Waals surface area contributed by atoms with E-state index in [0.29, 0.717) is 5.92 Å². The predicted octanol–water partition coefficient (Wildman–Crippen LogP) is 5.33. The maximum atomic E-state index is 4.03. The summed E-state index contributed by atoms with van der Waals surface area (Å²) in [4.78, 5) is 0. The van der Waals surface area contributed by atoms with Gasteiger partial charge in [-0.05, 0) is 40.7 Å². The Kier molecular flexibility index (Phi) is 3.25. The summed E-state index contributed by atoms with van der Waals surface area (Å²) in [5, 5.41) is 0. The van der Waals surface area contributed by atoms with Crippen LogP contribution in [0, 0.1) is 0 Å². The molecule has 0 spiro atoms. The Balaban J connectivity index is 2.10. The van der Waals surface area contributed by atoms with Crippen molar-refractivity contribution in [2.45, 2.75) is 32.1 Å². The Bertz CT molecular complexity index is 607. The summed E-state index contributed by atoms with van der Waals surface area (Å²) in [6, 6.07) is 15.5. The molecule has 0 fully saturated rings. The molecule has 1 aliphatic rings. The number of fused-ring (bicyclic) bond motifs is 3. The van der Waals surface area contributed by atoms with E-state index in [1.54, 1.807) is 0 Å². The second kappa shape index (κ2) is 5.05. The molecule has 1 unspecified atom stereocenters. The lowest BCUT2D eigenvalue weighted by Crippen LogP contribution is -1.99. The summed E-state index contributed by atoms with van der Waals surface area (Å²) in [5.41, 5.74) is 7.30. The van der Waals surface area contributed by atoms with Gasteiger partial charge in [-0.3, -0.25) is 0 Å². The molecule has 0 heteroatoms. The largest absolute Gasteiger partial charge is 0.102 e. The van der Waals surface area contributed by atoms with E-state index in [1.807, 2.05) is 0 Å². The maximum absolute atomic E-state index is 4.03. The standard InChI is InChI=1S/C19H20/c1-3-8-14(4-2)16-11-7-12-18-17-10-6-5-9-15(17)13-19(16)18/h4-7,9-12,14H,2-3,8,13H2,1H3. The molecule has 0 aliphatic heterocycles. The molecule has 0 amide bonds. The van der Waals surface area contributed by atoms with Crippen LogP contribution in [0.3, 0.4) is 0 Å². The number of hydrogen-bond acceptors (Lipinski definition) is 0. The average Bonchev–Trinajstić information content (AvgIpc) is 2.83. The van der Waals surface area contributed by atoms with E-state index in [1.165, 1.54) is 40.7 Å². The van der Waals surface area contributed by atoms with Gasteiger partial charge >= 0.3 is 0 Å². The third kappa shape index (κ3) is 2.02. The topological polar surface area (TPSA) is 0 Å². The summed E-state index contributed by atoms with van der Waals surface area (Å²) in [5.74, 6) is 0.495. The first-order valence-electron chi connectivity index (χ1n) is 7.17. The summed E-state index contributed by atoms with van der Waals surface area (Å²) in [6.45, 7) is 6.28. The van der Waals surface area contributed by atoms with Crippen LogP contribution < -0.4 is 0 Å². The van der Waals surface area contributed by atoms with Crippen LogP contribution in [-0.2, 0) is 6.42 Å². The molecule has 0 heterocycles. The molecule has 0 aromatic heterocycles. The molecule has 96 valence electrons. The summed E-state index contributed by atoms with van der Waals surface area (Å²) in [6.07, 6.45) is 5.58. The maximum Gasteiger partial charge on any atom is 0.00182 e. The highest BCUT2D eigenvalue weighted by Crippen LogP contribution is 2.41. The van der Waals surface area contributed by atoms with Gasteiger partial charge in [0.2, 0.25) is 0 Å². The number of benzene rings is 2. The lowest BCUT2D eigenvalue weighted by molar-refractivity contribution is 0.713. The Morgan fingerprint density at radius 1 is 1.11 bits per heavy atom. The first-order chi connectivity index (χ1) is 9.35. The van der Waals surface area contributed by atoms with E-state index in [-0.39, 0.29) is 0 Å². The molecular weight excluding hydrogens is 228 g/mol. The van der Waals surface area contributed by atoms with Gasteiger partial charge in [0.15, 0.2) is 0 Å². The highest BCUT2D eigenvalue weighted by molar-refractivity contribution is 5.78. The third-order valence-corrected chi connectivity index (χ3v) is 4.17. The van der Waals surface area contributed by atoms with Crippen molar-refractivity contribution >= 4 is 0 Å². The smallest absolute Gasteiger partial charge is 0.00182 e. The van der Waals surface area contributed by atoms with Crippen LogP contribution in [0.1, 0.15) is 42.4 Å². The van der Waals surface area contributed by atoms with E-state index >= 15 is 0 Å². The van der Waals surface area contributed by atoms with Crippen LogP contribution in [0.15, 0.2) is 55.1 Å². The normalized spacial score (nSPS) is 13.7. The molecule has 19 heavy (non-hydrogen) atoms. The highest BCUT2D eigenvalue weighted by atomic mass is 14.3. The van der Waals surface area contributed by atoms with Crippen molar-refractivity contribution in [3.63, 3.8) is 0 Å². The molecule has 1 aliphatic carbocycles. The van der Waals surface area contributed by atoms with E-state index in [9.17, 15) is 0 Å². The van der Waals surface area contributed by atoms with E-state index in [2.05, 4.69) is 62.0 Å². The van der Waals surface area contributed by atoms with Crippen LogP contribution in [0.2, 0.25) is 0 Å². The van der Waals surface area contributed by atoms with Gasteiger partial charge in [0, 0.05) is 5.92 Å². The van der Waals surface area contributed by atoms with Gasteiger partial charge in [0.05, 0.1) is 0 Å². The lowest BCUT2D eigenvalue weighted by Gasteiger charge is -2.16. The van der Waals surface area contributed by atoms with Gasteiger partial charge in [-0.1, -0.05) is 61.9 Å². The molecule has 1 atom stereocenters. The highest BCUT2D eigenvalue weighted by Gasteiger charge is 2.22. The fraction of sp³-hybridized carbons (Fsp3) is 0.263. The number of hydrogen-bond donors (Lipinski definition) is 0. The van der Waals surface area contributed by atoms with Crippen molar-refractivity contribution in [2.75, 3.05) is 0 Å². The molecular formula is C19H20. The number of rotatable bonds is 4. The zero-order valence-electron chi connectivity index (χ0n) is 11.5. The monoisotopic (exact) mass is 248 g/mol. The summed E-state index contributed by atoms with van der Waals surface area (Å²) >= 11 is 0. The van der Waals surface area contributed by atoms with Gasteiger partial charge in [-0.15, -0.1) is 6.58 Å². The molecule has 2 aromatic carbocycles. The van der Waals surface area contributed by atoms with Gasteiger partial charge in [-0.2, -0.15) is 0 Å². The van der Waals surface area contributed by atoms with Gasteiger partial charge < -0.3 is 0 Å².